The zero-order chi connectivity index (χ0) is 21.6. The number of pyridine rings is 1. The summed E-state index contributed by atoms with van der Waals surface area (Å²) < 4.78 is 43.8. The van der Waals surface area contributed by atoms with E-state index in [1.165, 1.54) is 35.9 Å². The molecule has 1 unspecified atom stereocenters. The van der Waals surface area contributed by atoms with Crippen molar-refractivity contribution in [2.75, 3.05) is 19.7 Å². The van der Waals surface area contributed by atoms with Gasteiger partial charge in [0.1, 0.15) is 22.6 Å². The molecule has 0 aromatic carbocycles. The highest BCUT2D eigenvalue weighted by molar-refractivity contribution is 7.12. The van der Waals surface area contributed by atoms with Crippen LogP contribution in [-0.2, 0) is 6.18 Å². The summed E-state index contributed by atoms with van der Waals surface area (Å²) in [4.78, 5) is 26.5. The lowest BCUT2D eigenvalue weighted by Crippen LogP contribution is -2.33. The van der Waals surface area contributed by atoms with Crippen molar-refractivity contribution in [1.29, 1.82) is 0 Å². The highest BCUT2D eigenvalue weighted by atomic mass is 32.1. The summed E-state index contributed by atoms with van der Waals surface area (Å²) in [7, 11) is 0. The maximum atomic E-state index is 12.8. The monoisotopic (exact) mass is 448 g/mol. The van der Waals surface area contributed by atoms with Gasteiger partial charge in [0.25, 0.3) is 5.91 Å². The van der Waals surface area contributed by atoms with Crippen LogP contribution < -0.4 is 4.74 Å². The second-order valence-corrected chi connectivity index (χ2v) is 8.24. The first-order valence-electron chi connectivity index (χ1n) is 9.45. The predicted octanol–water partition coefficient (Wildman–Crippen LogP) is 2.81. The minimum atomic E-state index is -4.51. The Morgan fingerprint density at radius 2 is 2.00 bits per heavy atom. The Kier molecular flexibility index (Phi) is 4.80. The van der Waals surface area contributed by atoms with Gasteiger partial charge < -0.3 is 9.64 Å². The number of likely N-dealkylation sites (tertiary alicyclic amines) is 1. The second-order valence-electron chi connectivity index (χ2n) is 7.40. The van der Waals surface area contributed by atoms with Crippen LogP contribution in [0.2, 0.25) is 0 Å². The molecule has 1 saturated carbocycles. The molecule has 160 valence electrons. The third-order valence-corrected chi connectivity index (χ3v) is 6.24. The Morgan fingerprint density at radius 1 is 1.19 bits per heavy atom. The molecule has 1 aliphatic heterocycles. The molecule has 5 rings (SSSR count). The van der Waals surface area contributed by atoms with Gasteiger partial charge in [-0.3, -0.25) is 9.78 Å². The smallest absolute Gasteiger partial charge is 0.433 e. The molecule has 3 aromatic heterocycles. The number of amides is 1. The number of carbonyl (C=O) groups excluding carboxylic acids is 1. The van der Waals surface area contributed by atoms with Gasteiger partial charge in [-0.15, -0.1) is 10.2 Å². The van der Waals surface area contributed by atoms with E-state index in [4.69, 9.17) is 4.74 Å². The molecule has 31 heavy (non-hydrogen) atoms. The van der Waals surface area contributed by atoms with Gasteiger partial charge in [-0.1, -0.05) is 17.4 Å². The molecule has 12 heteroatoms. The number of halogens is 3. The Labute approximate surface area is 178 Å². The SMILES string of the molecule is O=C(c1cncc(-c2nncs2)n1)N1C[C@@H]2C(COc3cccc(C(F)(F)F)n3)[C@@H]2C1. The fourth-order valence-corrected chi connectivity index (χ4v) is 4.42. The molecular formula is C19H15F3N6O2S. The van der Waals surface area contributed by atoms with Crippen LogP contribution >= 0.6 is 11.3 Å². The molecule has 0 N–H and O–H groups in total. The van der Waals surface area contributed by atoms with E-state index in [9.17, 15) is 18.0 Å². The van der Waals surface area contributed by atoms with Crippen LogP contribution in [0.15, 0.2) is 36.1 Å². The van der Waals surface area contributed by atoms with E-state index in [-0.39, 0.29) is 41.8 Å². The van der Waals surface area contributed by atoms with E-state index in [0.29, 0.717) is 23.8 Å². The molecular weight excluding hydrogens is 433 g/mol. The minimum Gasteiger partial charge on any atom is -0.477 e. The summed E-state index contributed by atoms with van der Waals surface area (Å²) in [6.45, 7) is 1.38. The van der Waals surface area contributed by atoms with Gasteiger partial charge in [0.2, 0.25) is 5.88 Å². The molecule has 1 amide bonds. The normalized spacial score (nSPS) is 22.3. The van der Waals surface area contributed by atoms with Crippen LogP contribution in [0.4, 0.5) is 13.2 Å². The molecule has 3 atom stereocenters. The number of hydrogen-bond acceptors (Lipinski definition) is 8. The van der Waals surface area contributed by atoms with Crippen molar-refractivity contribution in [2.24, 2.45) is 17.8 Å². The van der Waals surface area contributed by atoms with Crippen LogP contribution in [0.3, 0.4) is 0 Å². The topological polar surface area (TPSA) is 94.0 Å². The summed E-state index contributed by atoms with van der Waals surface area (Å²) >= 11 is 1.31. The number of carbonyl (C=O) groups is 1. The molecule has 1 saturated heterocycles. The van der Waals surface area contributed by atoms with Crippen molar-refractivity contribution >= 4 is 17.2 Å². The number of piperidine rings is 1. The molecule has 4 heterocycles. The van der Waals surface area contributed by atoms with Gasteiger partial charge >= 0.3 is 6.18 Å². The summed E-state index contributed by atoms with van der Waals surface area (Å²) in [5.74, 6) is 0.462. The van der Waals surface area contributed by atoms with Gasteiger partial charge in [-0.05, 0) is 17.9 Å². The van der Waals surface area contributed by atoms with Crippen molar-refractivity contribution < 1.29 is 22.7 Å². The quantitative estimate of drug-likeness (QED) is 0.592. The summed E-state index contributed by atoms with van der Waals surface area (Å²) in [5, 5.41) is 8.29. The van der Waals surface area contributed by atoms with Crippen molar-refractivity contribution in [3.05, 3.63) is 47.5 Å². The van der Waals surface area contributed by atoms with Gasteiger partial charge in [0.05, 0.1) is 19.0 Å². The van der Waals surface area contributed by atoms with Crippen LogP contribution in [0.5, 0.6) is 5.88 Å². The first-order chi connectivity index (χ1) is 14.9. The molecule has 0 spiro atoms. The Morgan fingerprint density at radius 3 is 2.71 bits per heavy atom. The number of aromatic nitrogens is 5. The van der Waals surface area contributed by atoms with E-state index in [1.807, 2.05) is 0 Å². The summed E-state index contributed by atoms with van der Waals surface area (Å²) in [6.07, 6.45) is -1.54. The van der Waals surface area contributed by atoms with Gasteiger partial charge in [0, 0.05) is 25.1 Å². The molecule has 1 aliphatic carbocycles. The van der Waals surface area contributed by atoms with E-state index in [1.54, 1.807) is 10.4 Å². The maximum Gasteiger partial charge on any atom is 0.433 e. The van der Waals surface area contributed by atoms with Gasteiger partial charge in [-0.25, -0.2) is 9.97 Å². The van der Waals surface area contributed by atoms with Crippen LogP contribution in [0.25, 0.3) is 10.7 Å². The number of rotatable bonds is 5. The van der Waals surface area contributed by atoms with E-state index < -0.39 is 11.9 Å². The lowest BCUT2D eigenvalue weighted by Gasteiger charge is -2.19. The zero-order valence-electron chi connectivity index (χ0n) is 15.9. The first-order valence-corrected chi connectivity index (χ1v) is 10.3. The fraction of sp³-hybridized carbons (Fsp3) is 0.368. The highest BCUT2D eigenvalue weighted by Crippen LogP contribution is 2.52. The summed E-state index contributed by atoms with van der Waals surface area (Å²) in [6, 6.07) is 3.59. The molecule has 0 bridgehead atoms. The predicted molar refractivity (Wildman–Crippen MR) is 102 cm³/mol. The van der Waals surface area contributed by atoms with Crippen molar-refractivity contribution in [2.45, 2.75) is 6.18 Å². The lowest BCUT2D eigenvalue weighted by molar-refractivity contribution is -0.141. The van der Waals surface area contributed by atoms with Crippen LogP contribution in [-0.4, -0.2) is 55.7 Å². The Hall–Kier alpha value is -3.15. The molecule has 3 aromatic rings. The van der Waals surface area contributed by atoms with E-state index in [0.717, 1.165) is 6.07 Å². The average molecular weight is 448 g/mol. The van der Waals surface area contributed by atoms with Crippen molar-refractivity contribution in [3.63, 3.8) is 0 Å². The molecule has 8 nitrogen and oxygen atoms in total. The van der Waals surface area contributed by atoms with Gasteiger partial charge in [-0.2, -0.15) is 13.2 Å². The highest BCUT2D eigenvalue weighted by Gasteiger charge is 2.57. The van der Waals surface area contributed by atoms with Crippen molar-refractivity contribution in [3.8, 4) is 16.6 Å². The van der Waals surface area contributed by atoms with Crippen LogP contribution in [0.1, 0.15) is 16.2 Å². The summed E-state index contributed by atoms with van der Waals surface area (Å²) in [5.41, 5.74) is 1.35. The Balaban J connectivity index is 1.17. The largest absolute Gasteiger partial charge is 0.477 e. The first kappa shape index (κ1) is 19.8. The minimum absolute atomic E-state index is 0.0449. The molecule has 2 aliphatic rings. The van der Waals surface area contributed by atoms with Crippen molar-refractivity contribution in [1.82, 2.24) is 30.0 Å². The number of hydrogen-bond donors (Lipinski definition) is 0. The number of fused-ring (bicyclic) bond motifs is 1. The van der Waals surface area contributed by atoms with Gasteiger partial charge in [0.15, 0.2) is 5.01 Å². The number of ether oxygens (including phenoxy) is 1. The Bertz CT molecular complexity index is 1100. The molecule has 0 radical (unpaired) electrons. The number of alkyl halides is 3. The standard InChI is InChI=1S/C19H15F3N6O2S/c20-19(21,22)15-2-1-3-16(26-15)30-8-12-10-6-28(7-11(10)12)18(29)14-5-23-4-13(25-14)17-27-24-9-31-17/h1-5,9-12H,6-8H2/t10-,11+,12?. The maximum absolute atomic E-state index is 12.8. The zero-order valence-corrected chi connectivity index (χ0v) is 16.7. The second kappa shape index (κ2) is 7.52. The van der Waals surface area contributed by atoms with E-state index >= 15 is 0 Å². The number of nitrogens with zero attached hydrogens (tertiary/aromatic N) is 6. The van der Waals surface area contributed by atoms with E-state index in [2.05, 4.69) is 25.1 Å². The third-order valence-electron chi connectivity index (χ3n) is 5.53. The van der Waals surface area contributed by atoms with Crippen LogP contribution in [0, 0.1) is 17.8 Å². The lowest BCUT2D eigenvalue weighted by atomic mass is 10.2. The fourth-order valence-electron chi connectivity index (χ4n) is 3.92. The third kappa shape index (κ3) is 3.94. The molecule has 2 fully saturated rings. The average Bonchev–Trinajstić information content (AvgIpc) is 3.16.